The monoisotopic (exact) mass is 301 g/mol. The third-order valence-electron chi connectivity index (χ3n) is 3.47. The van der Waals surface area contributed by atoms with E-state index in [-0.39, 0.29) is 5.92 Å². The Bertz CT molecular complexity index is 461. The van der Waals surface area contributed by atoms with Crippen LogP contribution in [-0.4, -0.2) is 32.5 Å². The number of halogens is 1. The average molecular weight is 302 g/mol. The summed E-state index contributed by atoms with van der Waals surface area (Å²) in [6.07, 6.45) is 3.76. The first-order valence-corrected chi connectivity index (χ1v) is 7.55. The van der Waals surface area contributed by atoms with E-state index in [1.54, 1.807) is 18.3 Å². The Labute approximate surface area is 121 Å². The summed E-state index contributed by atoms with van der Waals surface area (Å²) in [5.41, 5.74) is -0.808. The first-order chi connectivity index (χ1) is 9.00. The fourth-order valence-corrected chi connectivity index (χ4v) is 3.55. The van der Waals surface area contributed by atoms with Crippen LogP contribution in [0.25, 0.3) is 0 Å². The molecule has 0 unspecified atom stereocenters. The van der Waals surface area contributed by atoms with Crippen molar-refractivity contribution in [2.24, 2.45) is 5.92 Å². The van der Waals surface area contributed by atoms with Crippen molar-refractivity contribution in [2.45, 2.75) is 36.3 Å². The molecule has 0 saturated heterocycles. The summed E-state index contributed by atoms with van der Waals surface area (Å²) in [6, 6.07) is 3.53. The number of pyridine rings is 1. The largest absolute Gasteiger partial charge is 0.481 e. The average Bonchev–Trinajstić information content (AvgIpc) is 2.38. The minimum Gasteiger partial charge on any atom is -0.481 e. The number of carbonyl (C=O) groups is 1. The van der Waals surface area contributed by atoms with E-state index in [2.05, 4.69) is 4.98 Å². The van der Waals surface area contributed by atoms with E-state index in [4.69, 9.17) is 16.7 Å². The number of aromatic nitrogens is 1. The molecule has 0 spiro atoms. The van der Waals surface area contributed by atoms with Gasteiger partial charge in [0.15, 0.2) is 0 Å². The maximum absolute atomic E-state index is 10.9. The number of nitrogens with zero attached hydrogens (tertiary/aromatic N) is 1. The number of carboxylic acid groups (broad SMARTS) is 1. The van der Waals surface area contributed by atoms with Crippen LogP contribution in [0.4, 0.5) is 0 Å². The lowest BCUT2D eigenvalue weighted by molar-refractivity contribution is -0.144. The van der Waals surface area contributed by atoms with Gasteiger partial charge >= 0.3 is 5.97 Å². The van der Waals surface area contributed by atoms with Gasteiger partial charge in [-0.2, -0.15) is 0 Å². The highest BCUT2D eigenvalue weighted by Crippen LogP contribution is 2.37. The lowest BCUT2D eigenvalue weighted by Crippen LogP contribution is -2.38. The van der Waals surface area contributed by atoms with Crippen molar-refractivity contribution >= 4 is 29.3 Å². The zero-order chi connectivity index (χ0) is 13.9. The number of hydrogen-bond acceptors (Lipinski definition) is 4. The van der Waals surface area contributed by atoms with Crippen molar-refractivity contribution in [1.29, 1.82) is 0 Å². The zero-order valence-electron chi connectivity index (χ0n) is 10.4. The smallest absolute Gasteiger partial charge is 0.306 e. The van der Waals surface area contributed by atoms with Gasteiger partial charge in [0.1, 0.15) is 5.03 Å². The summed E-state index contributed by atoms with van der Waals surface area (Å²) < 4.78 is 0. The molecule has 0 radical (unpaired) electrons. The van der Waals surface area contributed by atoms with Crippen LogP contribution in [-0.2, 0) is 4.79 Å². The molecule has 1 aliphatic carbocycles. The molecule has 1 fully saturated rings. The third kappa shape index (κ3) is 3.84. The molecule has 6 heteroatoms. The predicted octanol–water partition coefficient (Wildman–Crippen LogP) is 2.83. The Kier molecular flexibility index (Phi) is 4.71. The number of carboxylic acids is 1. The van der Waals surface area contributed by atoms with Gasteiger partial charge in [0.05, 0.1) is 16.5 Å². The molecule has 0 amide bonds. The van der Waals surface area contributed by atoms with Crippen LogP contribution >= 0.6 is 23.4 Å². The second-order valence-corrected chi connectivity index (χ2v) is 6.29. The Morgan fingerprint density at radius 2 is 2.21 bits per heavy atom. The van der Waals surface area contributed by atoms with E-state index in [0.29, 0.717) is 41.5 Å². The highest BCUT2D eigenvalue weighted by atomic mass is 35.5. The molecular weight excluding hydrogens is 286 g/mol. The molecule has 0 atom stereocenters. The number of rotatable bonds is 4. The number of hydrogen-bond donors (Lipinski definition) is 2. The molecule has 4 nitrogen and oxygen atoms in total. The lowest BCUT2D eigenvalue weighted by atomic mass is 9.80. The fraction of sp³-hybridized carbons (Fsp3) is 0.538. The van der Waals surface area contributed by atoms with E-state index >= 15 is 0 Å². The normalized spacial score (nSPS) is 27.2. The molecule has 1 saturated carbocycles. The molecule has 0 bridgehead atoms. The van der Waals surface area contributed by atoms with E-state index in [1.165, 1.54) is 11.8 Å². The van der Waals surface area contributed by atoms with Crippen molar-refractivity contribution in [1.82, 2.24) is 4.98 Å². The summed E-state index contributed by atoms with van der Waals surface area (Å²) >= 11 is 7.43. The first kappa shape index (κ1) is 14.6. The molecule has 104 valence electrons. The van der Waals surface area contributed by atoms with Gasteiger partial charge in [0, 0.05) is 11.9 Å². The van der Waals surface area contributed by atoms with Gasteiger partial charge in [0.25, 0.3) is 0 Å². The molecular formula is C13H16ClNO3S. The van der Waals surface area contributed by atoms with Crippen molar-refractivity contribution in [3.63, 3.8) is 0 Å². The van der Waals surface area contributed by atoms with Crippen LogP contribution in [0.5, 0.6) is 0 Å². The zero-order valence-corrected chi connectivity index (χ0v) is 12.0. The van der Waals surface area contributed by atoms with Crippen LogP contribution in [0.3, 0.4) is 0 Å². The highest BCUT2D eigenvalue weighted by molar-refractivity contribution is 7.99. The van der Waals surface area contributed by atoms with Gasteiger partial charge in [-0.05, 0) is 37.8 Å². The first-order valence-electron chi connectivity index (χ1n) is 6.19. The third-order valence-corrected chi connectivity index (χ3v) is 5.17. The Balaban J connectivity index is 1.90. The van der Waals surface area contributed by atoms with E-state index < -0.39 is 11.6 Å². The SMILES string of the molecule is O=C(O)C1CCC(O)(CSc2ncccc2Cl)CC1. The van der Waals surface area contributed by atoms with Crippen LogP contribution in [0.1, 0.15) is 25.7 Å². The Hall–Kier alpha value is -0.780. The van der Waals surface area contributed by atoms with E-state index in [1.807, 2.05) is 0 Å². The van der Waals surface area contributed by atoms with Gasteiger partial charge in [-0.1, -0.05) is 11.6 Å². The summed E-state index contributed by atoms with van der Waals surface area (Å²) in [6.45, 7) is 0. The second kappa shape index (κ2) is 6.11. The van der Waals surface area contributed by atoms with Gasteiger partial charge in [-0.3, -0.25) is 4.79 Å². The molecule has 19 heavy (non-hydrogen) atoms. The maximum atomic E-state index is 10.9. The van der Waals surface area contributed by atoms with Gasteiger partial charge in [-0.15, -0.1) is 11.8 Å². The molecule has 0 aromatic carbocycles. The van der Waals surface area contributed by atoms with Crippen LogP contribution in [0.2, 0.25) is 5.02 Å². The molecule has 2 N–H and O–H groups in total. The number of aliphatic hydroxyl groups is 1. The molecule has 1 aromatic heterocycles. The predicted molar refractivity (Wildman–Crippen MR) is 74.5 cm³/mol. The molecule has 1 aliphatic rings. The Morgan fingerprint density at radius 3 is 2.79 bits per heavy atom. The summed E-state index contributed by atoms with van der Waals surface area (Å²) in [5.74, 6) is -0.582. The molecule has 1 heterocycles. The fourth-order valence-electron chi connectivity index (χ4n) is 2.23. The molecule has 1 aromatic rings. The topological polar surface area (TPSA) is 70.4 Å². The van der Waals surface area contributed by atoms with Crippen LogP contribution in [0, 0.1) is 5.92 Å². The minimum atomic E-state index is -0.808. The number of aliphatic carboxylic acids is 1. The maximum Gasteiger partial charge on any atom is 0.306 e. The summed E-state index contributed by atoms with van der Waals surface area (Å²) in [5, 5.41) is 20.7. The summed E-state index contributed by atoms with van der Waals surface area (Å²) in [7, 11) is 0. The van der Waals surface area contributed by atoms with Gasteiger partial charge in [-0.25, -0.2) is 4.98 Å². The number of thioether (sulfide) groups is 1. The van der Waals surface area contributed by atoms with Gasteiger partial charge < -0.3 is 10.2 Å². The van der Waals surface area contributed by atoms with Crippen LogP contribution in [0.15, 0.2) is 23.4 Å². The van der Waals surface area contributed by atoms with Crippen molar-refractivity contribution in [3.05, 3.63) is 23.4 Å². The lowest BCUT2D eigenvalue weighted by Gasteiger charge is -2.34. The van der Waals surface area contributed by atoms with Crippen molar-refractivity contribution in [2.75, 3.05) is 5.75 Å². The van der Waals surface area contributed by atoms with Crippen molar-refractivity contribution in [3.8, 4) is 0 Å². The minimum absolute atomic E-state index is 0.316. The van der Waals surface area contributed by atoms with Crippen molar-refractivity contribution < 1.29 is 15.0 Å². The molecule has 2 rings (SSSR count). The van der Waals surface area contributed by atoms with Crippen LogP contribution < -0.4 is 0 Å². The summed E-state index contributed by atoms with van der Waals surface area (Å²) in [4.78, 5) is 15.0. The second-order valence-electron chi connectivity index (χ2n) is 4.92. The Morgan fingerprint density at radius 1 is 1.53 bits per heavy atom. The quantitative estimate of drug-likeness (QED) is 0.837. The van der Waals surface area contributed by atoms with E-state index in [9.17, 15) is 9.90 Å². The van der Waals surface area contributed by atoms with Gasteiger partial charge in [0.2, 0.25) is 0 Å². The molecule has 0 aliphatic heterocycles. The van der Waals surface area contributed by atoms with E-state index in [0.717, 1.165) is 0 Å². The highest BCUT2D eigenvalue weighted by Gasteiger charge is 2.35. The standard InChI is InChI=1S/C13H16ClNO3S/c14-10-2-1-7-15-11(10)19-8-13(18)5-3-9(4-6-13)12(16)17/h1-2,7,9,18H,3-6,8H2,(H,16,17).